The van der Waals surface area contributed by atoms with Gasteiger partial charge in [-0.2, -0.15) is 5.10 Å². The standard InChI is InChI=1S/C17H17N3O3S/c1-4-10-19-16(22)14(11-15(21)23-3)20(17(19)24)18-12(2)13-8-6-5-7-9-13/h4-9,11H,1,10H2,2-3H3/b14-11+,18-12-. The second-order valence-electron chi connectivity index (χ2n) is 4.90. The molecule has 1 aliphatic rings. The van der Waals surface area contributed by atoms with Crippen LogP contribution in [0.15, 0.2) is 59.9 Å². The number of hydrogen-bond donors (Lipinski definition) is 0. The lowest BCUT2D eigenvalue weighted by molar-refractivity contribution is -0.135. The number of carbonyl (C=O) groups is 2. The van der Waals surface area contributed by atoms with Crippen LogP contribution in [0.25, 0.3) is 0 Å². The van der Waals surface area contributed by atoms with Gasteiger partial charge >= 0.3 is 5.97 Å². The summed E-state index contributed by atoms with van der Waals surface area (Å²) in [6.45, 7) is 5.64. The van der Waals surface area contributed by atoms with Crippen LogP contribution in [-0.4, -0.2) is 46.3 Å². The molecule has 1 fully saturated rings. The summed E-state index contributed by atoms with van der Waals surface area (Å²) in [6.07, 6.45) is 2.64. The van der Waals surface area contributed by atoms with E-state index in [9.17, 15) is 9.59 Å². The molecule has 0 bridgehead atoms. The highest BCUT2D eigenvalue weighted by Gasteiger charge is 2.38. The number of hydrogen-bond acceptors (Lipinski definition) is 5. The van der Waals surface area contributed by atoms with E-state index in [-0.39, 0.29) is 17.4 Å². The van der Waals surface area contributed by atoms with Crippen molar-refractivity contribution in [2.45, 2.75) is 6.92 Å². The SMILES string of the molecule is C=CCN1C(=O)/C(=C\C(=O)OC)N(/N=C(/C)c2ccccc2)C1=S. The molecule has 0 atom stereocenters. The molecular weight excluding hydrogens is 326 g/mol. The van der Waals surface area contributed by atoms with Gasteiger partial charge in [0.25, 0.3) is 5.91 Å². The Labute approximate surface area is 145 Å². The van der Waals surface area contributed by atoms with Crippen LogP contribution in [-0.2, 0) is 14.3 Å². The molecule has 1 aromatic rings. The first-order valence-electron chi connectivity index (χ1n) is 7.16. The predicted molar refractivity (Wildman–Crippen MR) is 95.1 cm³/mol. The van der Waals surface area contributed by atoms with Gasteiger partial charge in [0.1, 0.15) is 5.70 Å². The van der Waals surface area contributed by atoms with Crippen molar-refractivity contribution in [3.63, 3.8) is 0 Å². The molecule has 7 heteroatoms. The lowest BCUT2D eigenvalue weighted by atomic mass is 10.1. The first-order valence-corrected chi connectivity index (χ1v) is 7.57. The summed E-state index contributed by atoms with van der Waals surface area (Å²) < 4.78 is 4.60. The van der Waals surface area contributed by atoms with Gasteiger partial charge in [-0.15, -0.1) is 6.58 Å². The van der Waals surface area contributed by atoms with Gasteiger partial charge in [-0.1, -0.05) is 36.4 Å². The number of thiocarbonyl (C=S) groups is 1. The molecule has 24 heavy (non-hydrogen) atoms. The number of benzene rings is 1. The molecule has 1 saturated heterocycles. The number of rotatable bonds is 5. The molecule has 1 heterocycles. The number of ether oxygens (including phenoxy) is 1. The Bertz CT molecular complexity index is 741. The monoisotopic (exact) mass is 343 g/mol. The second kappa shape index (κ2) is 7.65. The summed E-state index contributed by atoms with van der Waals surface area (Å²) in [5.41, 5.74) is 1.58. The van der Waals surface area contributed by atoms with Crippen LogP contribution in [0, 0.1) is 0 Å². The molecule has 1 aromatic carbocycles. The zero-order chi connectivity index (χ0) is 17.7. The fourth-order valence-electron chi connectivity index (χ4n) is 2.10. The zero-order valence-electron chi connectivity index (χ0n) is 13.4. The van der Waals surface area contributed by atoms with Gasteiger partial charge in [-0.25, -0.2) is 9.80 Å². The molecule has 0 N–H and O–H groups in total. The first-order chi connectivity index (χ1) is 11.5. The Kier molecular flexibility index (Phi) is 5.59. The van der Waals surface area contributed by atoms with E-state index in [1.807, 2.05) is 30.3 Å². The number of carbonyl (C=O) groups excluding carboxylic acids is 2. The number of amides is 1. The van der Waals surface area contributed by atoms with Crippen molar-refractivity contribution in [3.8, 4) is 0 Å². The van der Waals surface area contributed by atoms with Crippen LogP contribution in [0.5, 0.6) is 0 Å². The fraction of sp³-hybridized carbons (Fsp3) is 0.176. The molecule has 6 nitrogen and oxygen atoms in total. The first kappa shape index (κ1) is 17.6. The third kappa shape index (κ3) is 3.57. The quantitative estimate of drug-likeness (QED) is 0.269. The van der Waals surface area contributed by atoms with Crippen LogP contribution in [0.2, 0.25) is 0 Å². The molecule has 0 radical (unpaired) electrons. The smallest absolute Gasteiger partial charge is 0.332 e. The van der Waals surface area contributed by atoms with E-state index in [2.05, 4.69) is 16.4 Å². The molecule has 0 spiro atoms. The van der Waals surface area contributed by atoms with Crippen molar-refractivity contribution in [2.75, 3.05) is 13.7 Å². The third-order valence-electron chi connectivity index (χ3n) is 3.31. The van der Waals surface area contributed by atoms with E-state index < -0.39 is 11.9 Å². The average molecular weight is 343 g/mol. The van der Waals surface area contributed by atoms with Gasteiger partial charge in [-0.05, 0) is 24.7 Å². The zero-order valence-corrected chi connectivity index (χ0v) is 14.2. The van der Waals surface area contributed by atoms with Crippen molar-refractivity contribution < 1.29 is 14.3 Å². The number of nitrogens with zero attached hydrogens (tertiary/aromatic N) is 3. The molecule has 0 aromatic heterocycles. The van der Waals surface area contributed by atoms with E-state index in [0.29, 0.717) is 5.71 Å². The van der Waals surface area contributed by atoms with Gasteiger partial charge in [-0.3, -0.25) is 9.69 Å². The van der Waals surface area contributed by atoms with Crippen molar-refractivity contribution >= 4 is 34.9 Å². The summed E-state index contributed by atoms with van der Waals surface area (Å²) in [5.74, 6) is -1.07. The van der Waals surface area contributed by atoms with Crippen LogP contribution < -0.4 is 0 Å². The summed E-state index contributed by atoms with van der Waals surface area (Å²) in [6, 6.07) is 9.46. The molecule has 1 aliphatic heterocycles. The third-order valence-corrected chi connectivity index (χ3v) is 3.71. The van der Waals surface area contributed by atoms with Crippen molar-refractivity contribution in [1.82, 2.24) is 9.91 Å². The van der Waals surface area contributed by atoms with Crippen LogP contribution in [0.1, 0.15) is 12.5 Å². The maximum atomic E-state index is 12.5. The Hall–Kier alpha value is -2.80. The number of esters is 1. The van der Waals surface area contributed by atoms with Crippen molar-refractivity contribution in [2.24, 2.45) is 5.10 Å². The Morgan fingerprint density at radius 3 is 2.62 bits per heavy atom. The fourth-order valence-corrected chi connectivity index (χ4v) is 2.40. The molecule has 0 unspecified atom stereocenters. The lowest BCUT2D eigenvalue weighted by Gasteiger charge is -2.15. The van der Waals surface area contributed by atoms with Crippen LogP contribution in [0.4, 0.5) is 0 Å². The van der Waals surface area contributed by atoms with Crippen LogP contribution >= 0.6 is 12.2 Å². The van der Waals surface area contributed by atoms with Gasteiger partial charge in [0, 0.05) is 6.54 Å². The van der Waals surface area contributed by atoms with Gasteiger partial charge < -0.3 is 4.74 Å². The molecule has 0 saturated carbocycles. The second-order valence-corrected chi connectivity index (χ2v) is 5.27. The van der Waals surface area contributed by atoms with E-state index >= 15 is 0 Å². The summed E-state index contributed by atoms with van der Waals surface area (Å²) in [7, 11) is 1.24. The highest BCUT2D eigenvalue weighted by molar-refractivity contribution is 7.80. The molecule has 1 amide bonds. The Balaban J connectivity index is 2.45. The predicted octanol–water partition coefficient (Wildman–Crippen LogP) is 2.08. The summed E-state index contributed by atoms with van der Waals surface area (Å²) in [5, 5.41) is 5.88. The minimum atomic E-state index is -0.654. The molecule has 0 aliphatic carbocycles. The van der Waals surface area contributed by atoms with E-state index in [4.69, 9.17) is 12.2 Å². The molecule has 2 rings (SSSR count). The summed E-state index contributed by atoms with van der Waals surface area (Å²) >= 11 is 5.32. The normalized spacial score (nSPS) is 16.8. The van der Waals surface area contributed by atoms with E-state index in [1.54, 1.807) is 13.0 Å². The minimum absolute atomic E-state index is 0.0454. The van der Waals surface area contributed by atoms with Crippen LogP contribution in [0.3, 0.4) is 0 Å². The molecular formula is C17H17N3O3S. The topological polar surface area (TPSA) is 62.2 Å². The van der Waals surface area contributed by atoms with Gasteiger partial charge in [0.05, 0.1) is 18.9 Å². The van der Waals surface area contributed by atoms with Crippen molar-refractivity contribution in [1.29, 1.82) is 0 Å². The maximum Gasteiger partial charge on any atom is 0.332 e. The maximum absolute atomic E-state index is 12.5. The van der Waals surface area contributed by atoms with Gasteiger partial charge in [0.15, 0.2) is 0 Å². The highest BCUT2D eigenvalue weighted by Crippen LogP contribution is 2.23. The lowest BCUT2D eigenvalue weighted by Crippen LogP contribution is -2.31. The minimum Gasteiger partial charge on any atom is -0.466 e. The number of methoxy groups -OCH3 is 1. The Morgan fingerprint density at radius 2 is 2.04 bits per heavy atom. The Morgan fingerprint density at radius 1 is 1.38 bits per heavy atom. The number of hydrazone groups is 1. The largest absolute Gasteiger partial charge is 0.466 e. The van der Waals surface area contributed by atoms with Gasteiger partial charge in [0.2, 0.25) is 5.11 Å². The average Bonchev–Trinajstić information content (AvgIpc) is 2.81. The van der Waals surface area contributed by atoms with E-state index in [1.165, 1.54) is 17.0 Å². The van der Waals surface area contributed by atoms with Crippen molar-refractivity contribution in [3.05, 3.63) is 60.3 Å². The summed E-state index contributed by atoms with van der Waals surface area (Å²) in [4.78, 5) is 25.4. The molecule has 124 valence electrons. The van der Waals surface area contributed by atoms with E-state index in [0.717, 1.165) is 11.6 Å². The highest BCUT2D eigenvalue weighted by atomic mass is 32.1.